The molecule has 1 fully saturated rings. The van der Waals surface area contributed by atoms with Crippen molar-refractivity contribution in [3.63, 3.8) is 0 Å². The number of rotatable bonds is 2. The van der Waals surface area contributed by atoms with Crippen molar-refractivity contribution in [1.82, 2.24) is 5.32 Å². The molecule has 0 unspecified atom stereocenters. The van der Waals surface area contributed by atoms with Gasteiger partial charge in [-0.1, -0.05) is 5.92 Å². The first kappa shape index (κ1) is 7.55. The fraction of sp³-hybridized carbons (Fsp3) is 0.714. The van der Waals surface area contributed by atoms with Gasteiger partial charge < -0.3 is 9.84 Å². The van der Waals surface area contributed by atoms with Gasteiger partial charge in [-0.05, 0) is 0 Å². The molecule has 3 heteroatoms. The Labute approximate surface area is 60.4 Å². The highest BCUT2D eigenvalue weighted by Gasteiger charge is 2.24. The lowest BCUT2D eigenvalue weighted by Gasteiger charge is -2.11. The number of ether oxygens (including phenoxy) is 1. The second-order valence-corrected chi connectivity index (χ2v) is 2.30. The van der Waals surface area contributed by atoms with Crippen molar-refractivity contribution < 1.29 is 9.84 Å². The first-order valence-corrected chi connectivity index (χ1v) is 3.27. The highest BCUT2D eigenvalue weighted by Crippen LogP contribution is 2.03. The molecule has 2 N–H and O–H groups in total. The van der Waals surface area contributed by atoms with Gasteiger partial charge in [0.15, 0.2) is 0 Å². The molecule has 1 aliphatic rings. The topological polar surface area (TPSA) is 41.5 Å². The number of terminal acetylenes is 1. The van der Waals surface area contributed by atoms with Crippen LogP contribution >= 0.6 is 0 Å². The van der Waals surface area contributed by atoms with Crippen LogP contribution in [-0.2, 0) is 4.74 Å². The average molecular weight is 141 g/mol. The summed E-state index contributed by atoms with van der Waals surface area (Å²) >= 11 is 0. The van der Waals surface area contributed by atoms with Crippen LogP contribution in [0.15, 0.2) is 0 Å². The maximum Gasteiger partial charge on any atom is 0.0948 e. The van der Waals surface area contributed by atoms with Crippen LogP contribution in [-0.4, -0.2) is 37.0 Å². The number of hydrogen-bond acceptors (Lipinski definition) is 3. The van der Waals surface area contributed by atoms with Crippen LogP contribution in [0, 0.1) is 12.3 Å². The van der Waals surface area contributed by atoms with Gasteiger partial charge in [0.1, 0.15) is 0 Å². The first-order chi connectivity index (χ1) is 4.84. The van der Waals surface area contributed by atoms with Crippen LogP contribution in [0.2, 0.25) is 0 Å². The highest BCUT2D eigenvalue weighted by atomic mass is 16.5. The summed E-state index contributed by atoms with van der Waals surface area (Å²) in [7, 11) is 0. The monoisotopic (exact) mass is 141 g/mol. The largest absolute Gasteiger partial charge is 0.389 e. The van der Waals surface area contributed by atoms with Crippen molar-refractivity contribution in [3.05, 3.63) is 0 Å². The van der Waals surface area contributed by atoms with E-state index in [2.05, 4.69) is 11.2 Å². The Morgan fingerprint density at radius 3 is 3.00 bits per heavy atom. The molecule has 1 saturated heterocycles. The minimum atomic E-state index is -0.395. The van der Waals surface area contributed by atoms with E-state index in [4.69, 9.17) is 16.3 Å². The minimum absolute atomic E-state index is 0.0241. The molecule has 1 heterocycles. The second kappa shape index (κ2) is 3.57. The third kappa shape index (κ3) is 1.71. The molecule has 0 bridgehead atoms. The summed E-state index contributed by atoms with van der Waals surface area (Å²) < 4.78 is 4.99. The summed E-state index contributed by atoms with van der Waals surface area (Å²) in [6, 6.07) is 0.0241. The molecule has 0 saturated carbocycles. The molecule has 0 radical (unpaired) electrons. The molecule has 10 heavy (non-hydrogen) atoms. The predicted molar refractivity (Wildman–Crippen MR) is 37.4 cm³/mol. The van der Waals surface area contributed by atoms with Gasteiger partial charge >= 0.3 is 0 Å². The van der Waals surface area contributed by atoms with Gasteiger partial charge in [0.25, 0.3) is 0 Å². The molecule has 0 aromatic carbocycles. The van der Waals surface area contributed by atoms with Crippen molar-refractivity contribution >= 4 is 0 Å². The number of hydrogen-bond donors (Lipinski definition) is 2. The molecular weight excluding hydrogens is 130 g/mol. The summed E-state index contributed by atoms with van der Waals surface area (Å²) in [5.41, 5.74) is 0. The van der Waals surface area contributed by atoms with Gasteiger partial charge in [0, 0.05) is 0 Å². The lowest BCUT2D eigenvalue weighted by molar-refractivity contribution is 0.123. The minimum Gasteiger partial charge on any atom is -0.389 e. The third-order valence-corrected chi connectivity index (χ3v) is 1.52. The van der Waals surface area contributed by atoms with E-state index in [1.54, 1.807) is 0 Å². The van der Waals surface area contributed by atoms with Crippen LogP contribution in [0.25, 0.3) is 0 Å². The molecule has 2 atom stereocenters. The van der Waals surface area contributed by atoms with E-state index >= 15 is 0 Å². The van der Waals surface area contributed by atoms with E-state index in [9.17, 15) is 0 Å². The fourth-order valence-corrected chi connectivity index (χ4v) is 0.928. The Kier molecular flexibility index (Phi) is 2.69. The van der Waals surface area contributed by atoms with E-state index in [1.165, 1.54) is 0 Å². The Hall–Kier alpha value is -0.560. The maximum absolute atomic E-state index is 9.16. The van der Waals surface area contributed by atoms with Crippen LogP contribution in [0.5, 0.6) is 0 Å². The smallest absolute Gasteiger partial charge is 0.0948 e. The molecular formula is C7H11NO2. The van der Waals surface area contributed by atoms with E-state index in [0.717, 1.165) is 0 Å². The zero-order valence-corrected chi connectivity index (χ0v) is 5.71. The van der Waals surface area contributed by atoms with Gasteiger partial charge in [0.2, 0.25) is 0 Å². The molecule has 1 rings (SSSR count). The predicted octanol–water partition coefficient (Wildman–Crippen LogP) is -1.03. The zero-order valence-electron chi connectivity index (χ0n) is 5.71. The van der Waals surface area contributed by atoms with Gasteiger partial charge in [-0.3, -0.25) is 5.32 Å². The Morgan fingerprint density at radius 1 is 1.70 bits per heavy atom. The van der Waals surface area contributed by atoms with Crippen molar-refractivity contribution in [2.45, 2.75) is 12.1 Å². The fourth-order valence-electron chi connectivity index (χ4n) is 0.928. The van der Waals surface area contributed by atoms with E-state index in [-0.39, 0.29) is 6.04 Å². The second-order valence-electron chi connectivity index (χ2n) is 2.30. The van der Waals surface area contributed by atoms with Crippen molar-refractivity contribution in [2.24, 2.45) is 0 Å². The van der Waals surface area contributed by atoms with Gasteiger partial charge in [-0.15, -0.1) is 6.42 Å². The summed E-state index contributed by atoms with van der Waals surface area (Å²) in [5.74, 6) is 2.44. The Bertz CT molecular complexity index is 141. The van der Waals surface area contributed by atoms with E-state index in [1.807, 2.05) is 0 Å². The molecule has 0 aliphatic carbocycles. The Morgan fingerprint density at radius 2 is 2.50 bits per heavy atom. The number of nitrogens with one attached hydrogen (secondary N) is 1. The highest BCUT2D eigenvalue weighted by molar-refractivity contribution is 4.91. The van der Waals surface area contributed by atoms with E-state index in [0.29, 0.717) is 19.8 Å². The lowest BCUT2D eigenvalue weighted by atomic mass is 10.2. The van der Waals surface area contributed by atoms with Crippen molar-refractivity contribution in [2.75, 3.05) is 19.8 Å². The molecule has 56 valence electrons. The zero-order chi connectivity index (χ0) is 7.40. The number of aliphatic hydroxyl groups excluding tert-OH is 1. The quantitative estimate of drug-likeness (QED) is 0.483. The standard InChI is InChI=1S/C7H11NO2/c1-2-3-8-6-4-10-5-7(6)9/h1,6-9H,3-5H2/t6-,7-/m0/s1. The summed E-state index contributed by atoms with van der Waals surface area (Å²) in [5, 5.41) is 12.1. The molecule has 0 amide bonds. The molecule has 3 nitrogen and oxygen atoms in total. The van der Waals surface area contributed by atoms with Gasteiger partial charge in [-0.25, -0.2) is 0 Å². The molecule has 0 aromatic rings. The summed E-state index contributed by atoms with van der Waals surface area (Å²) in [4.78, 5) is 0. The maximum atomic E-state index is 9.16. The van der Waals surface area contributed by atoms with Crippen LogP contribution < -0.4 is 5.32 Å². The normalized spacial score (nSPS) is 32.0. The first-order valence-electron chi connectivity index (χ1n) is 3.27. The van der Waals surface area contributed by atoms with Gasteiger partial charge in [-0.2, -0.15) is 0 Å². The van der Waals surface area contributed by atoms with Crippen molar-refractivity contribution in [1.29, 1.82) is 0 Å². The summed E-state index contributed by atoms with van der Waals surface area (Å²) in [6.07, 6.45) is 4.62. The van der Waals surface area contributed by atoms with Crippen molar-refractivity contribution in [3.8, 4) is 12.3 Å². The van der Waals surface area contributed by atoms with Crippen LogP contribution in [0.4, 0.5) is 0 Å². The van der Waals surface area contributed by atoms with Crippen LogP contribution in [0.3, 0.4) is 0 Å². The Balaban J connectivity index is 2.21. The molecule has 0 spiro atoms. The summed E-state index contributed by atoms with van der Waals surface area (Å²) in [6.45, 7) is 1.47. The molecule has 1 aliphatic heterocycles. The van der Waals surface area contributed by atoms with Crippen LogP contribution in [0.1, 0.15) is 0 Å². The lowest BCUT2D eigenvalue weighted by Crippen LogP contribution is -2.38. The number of aliphatic hydroxyl groups is 1. The molecule has 0 aromatic heterocycles. The SMILES string of the molecule is C#CCN[C@H]1COC[C@@H]1O. The average Bonchev–Trinajstić information content (AvgIpc) is 2.31. The third-order valence-electron chi connectivity index (χ3n) is 1.52. The van der Waals surface area contributed by atoms with Gasteiger partial charge in [0.05, 0.1) is 31.9 Å². The van der Waals surface area contributed by atoms with E-state index < -0.39 is 6.10 Å².